The van der Waals surface area contributed by atoms with Crippen molar-refractivity contribution in [2.75, 3.05) is 6.54 Å². The summed E-state index contributed by atoms with van der Waals surface area (Å²) in [5.41, 5.74) is -0.490. The number of furan rings is 1. The van der Waals surface area contributed by atoms with Crippen LogP contribution in [-0.4, -0.2) is 32.7 Å². The molecule has 1 saturated heterocycles. The number of hydrogen-bond acceptors (Lipinski definition) is 5. The van der Waals surface area contributed by atoms with Gasteiger partial charge in [-0.1, -0.05) is 42.5 Å². The van der Waals surface area contributed by atoms with E-state index < -0.39 is 17.7 Å². The zero-order valence-electron chi connectivity index (χ0n) is 16.1. The van der Waals surface area contributed by atoms with Crippen LogP contribution in [0.25, 0.3) is 17.4 Å². The monoisotopic (exact) mass is 469 g/mol. The maximum Gasteiger partial charge on any atom is 0.416 e. The van der Waals surface area contributed by atoms with E-state index in [0.717, 1.165) is 23.9 Å². The molecule has 0 radical (unpaired) electrons. The number of nitrogens with zero attached hydrogens (tertiary/aromatic N) is 1. The molecule has 1 aromatic heterocycles. The number of thiocarbonyl (C=S) groups is 1. The van der Waals surface area contributed by atoms with Gasteiger partial charge in [0.2, 0.25) is 0 Å². The Labute approximate surface area is 185 Å². The fourth-order valence-electron chi connectivity index (χ4n) is 2.98. The number of hydrogen-bond donors (Lipinski definition) is 1. The highest BCUT2D eigenvalue weighted by atomic mass is 32.2. The Morgan fingerprint density at radius 3 is 2.68 bits per heavy atom. The number of halogens is 3. The van der Waals surface area contributed by atoms with E-state index in [1.165, 1.54) is 23.1 Å². The quantitative estimate of drug-likeness (QED) is 0.299. The van der Waals surface area contributed by atoms with E-state index in [9.17, 15) is 22.8 Å². The number of carboxylic acid groups (broad SMARTS) is 1. The van der Waals surface area contributed by atoms with Crippen molar-refractivity contribution < 1.29 is 32.3 Å². The van der Waals surface area contributed by atoms with Crippen molar-refractivity contribution in [3.05, 3.63) is 52.6 Å². The van der Waals surface area contributed by atoms with Gasteiger partial charge in [0.1, 0.15) is 15.8 Å². The van der Waals surface area contributed by atoms with Crippen LogP contribution in [0.4, 0.5) is 13.2 Å². The molecule has 1 fully saturated rings. The molecule has 0 unspecified atom stereocenters. The van der Waals surface area contributed by atoms with Crippen molar-refractivity contribution >= 4 is 46.3 Å². The fraction of sp³-hybridized carbons (Fsp3) is 0.286. The Bertz CT molecular complexity index is 1030. The molecule has 0 aliphatic carbocycles. The van der Waals surface area contributed by atoms with Crippen molar-refractivity contribution in [2.24, 2.45) is 0 Å². The maximum atomic E-state index is 12.9. The molecule has 1 aliphatic rings. The van der Waals surface area contributed by atoms with Gasteiger partial charge < -0.3 is 9.52 Å². The number of alkyl halides is 3. The Balaban J connectivity index is 1.67. The average Bonchev–Trinajstić information content (AvgIpc) is 3.27. The second-order valence-electron chi connectivity index (χ2n) is 6.82. The number of carbonyl (C=O) groups is 2. The highest BCUT2D eigenvalue weighted by Gasteiger charge is 2.32. The molecule has 1 N–H and O–H groups in total. The van der Waals surface area contributed by atoms with Crippen LogP contribution >= 0.6 is 24.0 Å². The SMILES string of the molecule is O=C(O)CCCCCN1C(=O)/C(=C\c2ccc(-c3cccc(C(F)(F)F)c3)o2)SC1=S. The summed E-state index contributed by atoms with van der Waals surface area (Å²) in [5, 5.41) is 8.65. The number of unbranched alkanes of at least 4 members (excludes halogenated alkanes) is 2. The smallest absolute Gasteiger partial charge is 0.416 e. The summed E-state index contributed by atoms with van der Waals surface area (Å²) in [6.45, 7) is 0.398. The number of aliphatic carboxylic acids is 1. The first-order valence-electron chi connectivity index (χ1n) is 9.40. The molecule has 31 heavy (non-hydrogen) atoms. The van der Waals surface area contributed by atoms with Crippen LogP contribution in [0.15, 0.2) is 45.7 Å². The number of amides is 1. The fourth-order valence-corrected chi connectivity index (χ4v) is 4.27. The summed E-state index contributed by atoms with van der Waals surface area (Å²) in [4.78, 5) is 25.0. The summed E-state index contributed by atoms with van der Waals surface area (Å²) in [6, 6.07) is 7.94. The predicted molar refractivity (Wildman–Crippen MR) is 115 cm³/mol. The van der Waals surface area contributed by atoms with Crippen LogP contribution in [0.5, 0.6) is 0 Å². The molecule has 0 saturated carbocycles. The lowest BCUT2D eigenvalue weighted by atomic mass is 10.1. The Kier molecular flexibility index (Phi) is 7.22. The average molecular weight is 470 g/mol. The number of rotatable bonds is 8. The maximum absolute atomic E-state index is 12.9. The van der Waals surface area contributed by atoms with Crippen molar-refractivity contribution in [1.82, 2.24) is 4.90 Å². The van der Waals surface area contributed by atoms with Gasteiger partial charge in [0, 0.05) is 24.6 Å². The van der Waals surface area contributed by atoms with E-state index in [2.05, 4.69) is 0 Å². The first-order valence-corrected chi connectivity index (χ1v) is 10.6. The Hall–Kier alpha value is -2.59. The van der Waals surface area contributed by atoms with E-state index in [4.69, 9.17) is 21.7 Å². The summed E-state index contributed by atoms with van der Waals surface area (Å²) < 4.78 is 44.8. The summed E-state index contributed by atoms with van der Waals surface area (Å²) in [7, 11) is 0. The number of carboxylic acids is 1. The molecule has 164 valence electrons. The van der Waals surface area contributed by atoms with Crippen molar-refractivity contribution in [3.8, 4) is 11.3 Å². The molecule has 2 aromatic rings. The van der Waals surface area contributed by atoms with Crippen LogP contribution in [-0.2, 0) is 15.8 Å². The van der Waals surface area contributed by atoms with Crippen molar-refractivity contribution in [3.63, 3.8) is 0 Å². The van der Waals surface area contributed by atoms with Gasteiger partial charge in [0.15, 0.2) is 0 Å². The van der Waals surface area contributed by atoms with Crippen LogP contribution in [0.3, 0.4) is 0 Å². The molecule has 2 heterocycles. The minimum absolute atomic E-state index is 0.0883. The summed E-state index contributed by atoms with van der Waals surface area (Å²) >= 11 is 6.38. The molecule has 1 amide bonds. The normalized spacial score (nSPS) is 15.8. The number of carbonyl (C=O) groups excluding carboxylic acids is 1. The Morgan fingerprint density at radius 2 is 1.97 bits per heavy atom. The van der Waals surface area contributed by atoms with E-state index in [0.29, 0.717) is 40.8 Å². The van der Waals surface area contributed by atoms with Gasteiger partial charge >= 0.3 is 12.1 Å². The zero-order chi connectivity index (χ0) is 22.6. The van der Waals surface area contributed by atoms with E-state index in [1.807, 2.05) is 0 Å². The zero-order valence-corrected chi connectivity index (χ0v) is 17.8. The molecule has 3 rings (SSSR count). The van der Waals surface area contributed by atoms with Gasteiger partial charge in [-0.2, -0.15) is 13.2 Å². The number of benzene rings is 1. The van der Waals surface area contributed by atoms with Gasteiger partial charge in [-0.15, -0.1) is 0 Å². The van der Waals surface area contributed by atoms with E-state index >= 15 is 0 Å². The topological polar surface area (TPSA) is 70.8 Å². The largest absolute Gasteiger partial charge is 0.481 e. The van der Waals surface area contributed by atoms with Crippen molar-refractivity contribution in [2.45, 2.75) is 31.9 Å². The molecule has 0 bridgehead atoms. The lowest BCUT2D eigenvalue weighted by Crippen LogP contribution is -2.29. The van der Waals surface area contributed by atoms with Gasteiger partial charge in [0.05, 0.1) is 10.5 Å². The third kappa shape index (κ3) is 5.98. The molecular formula is C21H18F3NO4S2. The van der Waals surface area contributed by atoms with Gasteiger partial charge in [0.25, 0.3) is 5.91 Å². The molecule has 0 spiro atoms. The van der Waals surface area contributed by atoms with Crippen molar-refractivity contribution in [1.29, 1.82) is 0 Å². The van der Waals surface area contributed by atoms with Crippen LogP contribution in [0.2, 0.25) is 0 Å². The molecule has 1 aliphatic heterocycles. The highest BCUT2D eigenvalue weighted by molar-refractivity contribution is 8.26. The van der Waals surface area contributed by atoms with Gasteiger partial charge in [-0.3, -0.25) is 14.5 Å². The summed E-state index contributed by atoms with van der Waals surface area (Å²) in [5.74, 6) is -0.539. The van der Waals surface area contributed by atoms with Gasteiger partial charge in [-0.05, 0) is 37.1 Å². The van der Waals surface area contributed by atoms with Crippen LogP contribution < -0.4 is 0 Å². The molecule has 10 heteroatoms. The Morgan fingerprint density at radius 1 is 1.19 bits per heavy atom. The van der Waals surface area contributed by atoms with Crippen LogP contribution in [0, 0.1) is 0 Å². The minimum Gasteiger partial charge on any atom is -0.481 e. The lowest BCUT2D eigenvalue weighted by Gasteiger charge is -2.13. The standard InChI is InChI=1S/C21H18F3NO4S2/c22-21(23,24)14-6-4-5-13(11-14)16-9-8-15(29-16)12-17-19(28)25(20(30)31-17)10-3-1-2-7-18(26)27/h4-6,8-9,11-12H,1-3,7,10H2,(H,26,27)/b17-12+. The second-order valence-corrected chi connectivity index (χ2v) is 8.49. The summed E-state index contributed by atoms with van der Waals surface area (Å²) in [6.07, 6.45) is -1.02. The minimum atomic E-state index is -4.45. The predicted octanol–water partition coefficient (Wildman–Crippen LogP) is 5.81. The lowest BCUT2D eigenvalue weighted by molar-refractivity contribution is -0.138. The molecule has 0 atom stereocenters. The number of thioether (sulfide) groups is 1. The highest BCUT2D eigenvalue weighted by Crippen LogP contribution is 2.35. The van der Waals surface area contributed by atoms with E-state index in [1.54, 1.807) is 12.1 Å². The third-order valence-electron chi connectivity index (χ3n) is 4.52. The first kappa shape index (κ1) is 23.1. The first-order chi connectivity index (χ1) is 14.6. The molecular weight excluding hydrogens is 451 g/mol. The van der Waals surface area contributed by atoms with Crippen LogP contribution in [0.1, 0.15) is 37.0 Å². The molecule has 1 aromatic carbocycles. The van der Waals surface area contributed by atoms with E-state index in [-0.39, 0.29) is 23.7 Å². The van der Waals surface area contributed by atoms with Gasteiger partial charge in [-0.25, -0.2) is 0 Å². The molecule has 5 nitrogen and oxygen atoms in total. The third-order valence-corrected chi connectivity index (χ3v) is 5.90. The second kappa shape index (κ2) is 9.69.